The molecule has 0 aromatic carbocycles. The van der Waals surface area contributed by atoms with E-state index in [0.717, 1.165) is 29.6 Å². The minimum Gasteiger partial charge on any atom is -0.472 e. The Balaban J connectivity index is 1.45. The highest BCUT2D eigenvalue weighted by Gasteiger charge is 2.59. The van der Waals surface area contributed by atoms with E-state index < -0.39 is 0 Å². The molecule has 1 heterocycles. The minimum absolute atomic E-state index is 0.531. The van der Waals surface area contributed by atoms with Crippen LogP contribution in [0.25, 0.3) is 0 Å². The summed E-state index contributed by atoms with van der Waals surface area (Å²) in [5.74, 6) is 4.80. The monoisotopic (exact) mass is 326 g/mol. The summed E-state index contributed by atoms with van der Waals surface area (Å²) in [7, 11) is 0. The minimum atomic E-state index is 0.531. The van der Waals surface area contributed by atoms with Gasteiger partial charge in [0.15, 0.2) is 0 Å². The van der Waals surface area contributed by atoms with Crippen molar-refractivity contribution in [2.45, 2.75) is 84.0 Å². The lowest BCUT2D eigenvalue weighted by atomic mass is 9.45. The molecule has 0 radical (unpaired) electrons. The molecule has 0 saturated heterocycles. The first-order valence-electron chi connectivity index (χ1n) is 10.6. The molecular formula is C23H34O. The van der Waals surface area contributed by atoms with Crippen LogP contribution in [0.15, 0.2) is 23.0 Å². The SMILES string of the molecule is C[C@]12CCCC[C@H]1CC[C@@H]1[C@@H]2CC[C@]2(C)[C@H](c3ccoc3)CC[C@@H]12. The molecule has 4 fully saturated rings. The Hall–Kier alpha value is -0.720. The molecule has 0 bridgehead atoms. The van der Waals surface area contributed by atoms with Crippen molar-refractivity contribution in [2.75, 3.05) is 0 Å². The van der Waals surface area contributed by atoms with Gasteiger partial charge in [-0.3, -0.25) is 0 Å². The maximum Gasteiger partial charge on any atom is 0.0937 e. The third-order valence-corrected chi connectivity index (χ3v) is 9.53. The summed E-state index contributed by atoms with van der Waals surface area (Å²) in [5, 5.41) is 0. The third kappa shape index (κ3) is 1.99. The zero-order chi connectivity index (χ0) is 16.4. The van der Waals surface area contributed by atoms with Gasteiger partial charge in [-0.2, -0.15) is 0 Å². The number of hydrogen-bond donors (Lipinski definition) is 0. The van der Waals surface area contributed by atoms with Crippen LogP contribution in [-0.2, 0) is 0 Å². The Bertz CT molecular complexity index is 589. The van der Waals surface area contributed by atoms with E-state index in [1.54, 1.807) is 0 Å². The van der Waals surface area contributed by atoms with Crippen molar-refractivity contribution < 1.29 is 4.42 Å². The lowest BCUT2D eigenvalue weighted by molar-refractivity contribution is -0.105. The van der Waals surface area contributed by atoms with Crippen molar-refractivity contribution in [1.82, 2.24) is 0 Å². The Morgan fingerprint density at radius 2 is 1.75 bits per heavy atom. The highest BCUT2D eigenvalue weighted by Crippen LogP contribution is 2.68. The molecule has 1 aromatic heterocycles. The van der Waals surface area contributed by atoms with E-state index in [0.29, 0.717) is 10.8 Å². The zero-order valence-corrected chi connectivity index (χ0v) is 15.6. The van der Waals surface area contributed by atoms with Crippen LogP contribution in [0, 0.1) is 34.5 Å². The first-order valence-corrected chi connectivity index (χ1v) is 10.6. The van der Waals surface area contributed by atoms with Gasteiger partial charge in [-0.05, 0) is 103 Å². The number of furan rings is 1. The first-order chi connectivity index (χ1) is 11.6. The quantitative estimate of drug-likeness (QED) is 0.553. The normalized spacial score (nSPS) is 50.8. The number of hydrogen-bond acceptors (Lipinski definition) is 1. The van der Waals surface area contributed by atoms with E-state index in [-0.39, 0.29) is 0 Å². The predicted octanol–water partition coefficient (Wildman–Crippen LogP) is 6.80. The smallest absolute Gasteiger partial charge is 0.0937 e. The largest absolute Gasteiger partial charge is 0.472 e. The summed E-state index contributed by atoms with van der Waals surface area (Å²) in [4.78, 5) is 0. The van der Waals surface area contributed by atoms with Gasteiger partial charge in [0.25, 0.3) is 0 Å². The van der Waals surface area contributed by atoms with Crippen LogP contribution >= 0.6 is 0 Å². The standard InChI is InChI=1S/C23H34O/c1-22-12-4-3-5-17(22)6-7-18-20-9-8-19(16-11-14-24-15-16)23(20,2)13-10-21(18)22/h11,14-15,17-21H,3-10,12-13H2,1-2H3/t17-,18-,19-,20-,21-,22-,23+/m0/s1. The molecule has 0 aliphatic heterocycles. The van der Waals surface area contributed by atoms with E-state index in [1.807, 2.05) is 12.5 Å². The van der Waals surface area contributed by atoms with E-state index in [2.05, 4.69) is 19.9 Å². The average molecular weight is 327 g/mol. The second kappa shape index (κ2) is 5.39. The van der Waals surface area contributed by atoms with Gasteiger partial charge in [-0.25, -0.2) is 0 Å². The molecule has 1 aromatic rings. The summed E-state index contributed by atoms with van der Waals surface area (Å²) in [6, 6.07) is 2.24. The molecule has 0 unspecified atom stereocenters. The van der Waals surface area contributed by atoms with Crippen LogP contribution in [0.3, 0.4) is 0 Å². The molecule has 4 aliphatic carbocycles. The van der Waals surface area contributed by atoms with Crippen molar-refractivity contribution in [3.63, 3.8) is 0 Å². The summed E-state index contributed by atoms with van der Waals surface area (Å²) in [6.07, 6.45) is 18.8. The molecule has 1 nitrogen and oxygen atoms in total. The highest BCUT2D eigenvalue weighted by atomic mass is 16.3. The molecule has 0 spiro atoms. The Morgan fingerprint density at radius 3 is 2.58 bits per heavy atom. The topological polar surface area (TPSA) is 13.1 Å². The Morgan fingerprint density at radius 1 is 0.875 bits per heavy atom. The average Bonchev–Trinajstić information content (AvgIpc) is 3.20. The lowest BCUT2D eigenvalue weighted by Gasteiger charge is -2.60. The molecular weight excluding hydrogens is 292 g/mol. The van der Waals surface area contributed by atoms with Gasteiger partial charge in [0.1, 0.15) is 0 Å². The summed E-state index contributed by atoms with van der Waals surface area (Å²) < 4.78 is 5.44. The van der Waals surface area contributed by atoms with E-state index in [9.17, 15) is 0 Å². The van der Waals surface area contributed by atoms with Gasteiger partial charge in [0.05, 0.1) is 12.5 Å². The number of rotatable bonds is 1. The zero-order valence-electron chi connectivity index (χ0n) is 15.6. The van der Waals surface area contributed by atoms with Gasteiger partial charge >= 0.3 is 0 Å². The lowest BCUT2D eigenvalue weighted by Crippen LogP contribution is -2.52. The second-order valence-electron chi connectivity index (χ2n) is 10.1. The van der Waals surface area contributed by atoms with Crippen LogP contribution < -0.4 is 0 Å². The fraction of sp³-hybridized carbons (Fsp3) is 0.826. The fourth-order valence-corrected chi connectivity index (χ4v) is 8.32. The van der Waals surface area contributed by atoms with Gasteiger partial charge < -0.3 is 4.42 Å². The second-order valence-corrected chi connectivity index (χ2v) is 10.1. The fourth-order valence-electron chi connectivity index (χ4n) is 8.32. The van der Waals surface area contributed by atoms with Crippen LogP contribution in [0.1, 0.15) is 89.5 Å². The van der Waals surface area contributed by atoms with Gasteiger partial charge in [-0.15, -0.1) is 0 Å². The highest BCUT2D eigenvalue weighted by molar-refractivity contribution is 5.22. The van der Waals surface area contributed by atoms with E-state index >= 15 is 0 Å². The molecule has 7 atom stereocenters. The summed E-state index contributed by atoms with van der Waals surface area (Å²) >= 11 is 0. The van der Waals surface area contributed by atoms with E-state index in [1.165, 1.54) is 69.8 Å². The molecule has 5 rings (SSSR count). The predicted molar refractivity (Wildman–Crippen MR) is 97.8 cm³/mol. The Kier molecular flexibility index (Phi) is 3.48. The maximum atomic E-state index is 5.44. The van der Waals surface area contributed by atoms with E-state index in [4.69, 9.17) is 4.42 Å². The summed E-state index contributed by atoms with van der Waals surface area (Å²) in [5.41, 5.74) is 2.69. The molecule has 1 heteroatoms. The first kappa shape index (κ1) is 15.5. The van der Waals surface area contributed by atoms with Crippen molar-refractivity contribution in [3.8, 4) is 0 Å². The van der Waals surface area contributed by atoms with Gasteiger partial charge in [0, 0.05) is 0 Å². The molecule has 24 heavy (non-hydrogen) atoms. The summed E-state index contributed by atoms with van der Waals surface area (Å²) in [6.45, 7) is 5.33. The van der Waals surface area contributed by atoms with Gasteiger partial charge in [0.2, 0.25) is 0 Å². The van der Waals surface area contributed by atoms with Gasteiger partial charge in [-0.1, -0.05) is 26.7 Å². The molecule has 132 valence electrons. The van der Waals surface area contributed by atoms with Crippen LogP contribution in [0.4, 0.5) is 0 Å². The molecule has 0 N–H and O–H groups in total. The van der Waals surface area contributed by atoms with Crippen LogP contribution in [-0.4, -0.2) is 0 Å². The van der Waals surface area contributed by atoms with Crippen LogP contribution in [0.5, 0.6) is 0 Å². The maximum absolute atomic E-state index is 5.44. The third-order valence-electron chi connectivity index (χ3n) is 9.53. The Labute approximate surface area is 147 Å². The molecule has 4 saturated carbocycles. The van der Waals surface area contributed by atoms with Crippen molar-refractivity contribution in [2.24, 2.45) is 34.5 Å². The van der Waals surface area contributed by atoms with Crippen molar-refractivity contribution >= 4 is 0 Å². The van der Waals surface area contributed by atoms with Crippen LogP contribution in [0.2, 0.25) is 0 Å². The number of fused-ring (bicyclic) bond motifs is 5. The van der Waals surface area contributed by atoms with Crippen molar-refractivity contribution in [3.05, 3.63) is 24.2 Å². The molecule has 0 amide bonds. The van der Waals surface area contributed by atoms with Crippen molar-refractivity contribution in [1.29, 1.82) is 0 Å². The molecule has 4 aliphatic rings.